The number of ether oxygens (including phenoxy) is 2. The van der Waals surface area contributed by atoms with E-state index in [1.54, 1.807) is 19.2 Å². The van der Waals surface area contributed by atoms with E-state index in [1.165, 1.54) is 4.90 Å². The van der Waals surface area contributed by atoms with Crippen LogP contribution >= 0.6 is 0 Å². The third-order valence-corrected chi connectivity index (χ3v) is 12.0. The highest BCUT2D eigenvalue weighted by Gasteiger charge is 2.62. The number of amides is 3. The molecule has 2 aliphatic heterocycles. The van der Waals surface area contributed by atoms with E-state index in [0.29, 0.717) is 54.6 Å². The van der Waals surface area contributed by atoms with Gasteiger partial charge in [-0.25, -0.2) is 8.42 Å². The number of oxazole rings is 1. The highest BCUT2D eigenvalue weighted by molar-refractivity contribution is 7.91. The van der Waals surface area contributed by atoms with Crippen LogP contribution in [0.15, 0.2) is 52.9 Å². The van der Waals surface area contributed by atoms with E-state index in [2.05, 4.69) is 20.3 Å². The number of hydrogen-bond donors (Lipinski definition) is 3. The Balaban J connectivity index is 1.17. The van der Waals surface area contributed by atoms with Gasteiger partial charge in [-0.15, -0.1) is 0 Å². The van der Waals surface area contributed by atoms with E-state index in [4.69, 9.17) is 13.9 Å². The fourth-order valence-electron chi connectivity index (χ4n) is 7.21. The Morgan fingerprint density at radius 3 is 2.57 bits per heavy atom. The van der Waals surface area contributed by atoms with Gasteiger partial charge in [0.1, 0.15) is 35.0 Å². The summed E-state index contributed by atoms with van der Waals surface area (Å²) in [6.07, 6.45) is 6.61. The van der Waals surface area contributed by atoms with Crippen LogP contribution in [0.25, 0.3) is 11.1 Å². The van der Waals surface area contributed by atoms with Crippen molar-refractivity contribution in [1.82, 2.24) is 19.9 Å². The van der Waals surface area contributed by atoms with Crippen LogP contribution in [-0.4, -0.2) is 78.7 Å². The summed E-state index contributed by atoms with van der Waals surface area (Å²) < 4.78 is 45.2. The monoisotopic (exact) mass is 693 g/mol. The maximum absolute atomic E-state index is 14.5. The van der Waals surface area contributed by atoms with Gasteiger partial charge in [0.25, 0.3) is 5.91 Å². The molecule has 7 rings (SSSR count). The first kappa shape index (κ1) is 33.2. The van der Waals surface area contributed by atoms with Crippen molar-refractivity contribution >= 4 is 44.5 Å². The smallest absolute Gasteiger partial charge is 0.394 e. The Labute approximate surface area is 285 Å². The first-order chi connectivity index (χ1) is 23.6. The minimum Gasteiger partial charge on any atom is -0.497 e. The van der Waals surface area contributed by atoms with Gasteiger partial charge < -0.3 is 29.4 Å². The molecule has 3 amide bonds. The molecule has 3 N–H and O–H groups in total. The molecule has 4 fully saturated rings. The Kier molecular flexibility index (Phi) is 9.16. The number of nitrogens with one attached hydrogen (secondary N) is 3. The van der Waals surface area contributed by atoms with E-state index in [1.807, 2.05) is 36.4 Å². The van der Waals surface area contributed by atoms with E-state index < -0.39 is 50.8 Å². The normalized spacial score (nSPS) is 28.0. The SMILES string of the molecule is COc1cccc(N[C@H]2CCCCCCC[C@@H]3C[C@@]3(C(=O)NS(=O)(=O)C3CC3)NC(=O)[C@@H]3C[C@@H](Oc4nc5ccccc5o4)CN3C2=O)c1. The molecule has 2 aromatic carbocycles. The number of rotatable bonds is 8. The lowest BCUT2D eigenvalue weighted by Crippen LogP contribution is -2.57. The van der Waals surface area contributed by atoms with Crippen LogP contribution in [0.1, 0.15) is 70.6 Å². The molecular weight excluding hydrogens is 650 g/mol. The molecule has 1 aromatic heterocycles. The van der Waals surface area contributed by atoms with Crippen molar-refractivity contribution in [2.24, 2.45) is 5.92 Å². The first-order valence-corrected chi connectivity index (χ1v) is 18.8. The van der Waals surface area contributed by atoms with Crippen LogP contribution in [-0.2, 0) is 24.4 Å². The summed E-state index contributed by atoms with van der Waals surface area (Å²) in [5.74, 6) is -1.05. The number of benzene rings is 2. The van der Waals surface area contributed by atoms with Crippen molar-refractivity contribution in [3.05, 3.63) is 48.5 Å². The lowest BCUT2D eigenvalue weighted by molar-refractivity contribution is -0.140. The fourth-order valence-corrected chi connectivity index (χ4v) is 8.58. The van der Waals surface area contributed by atoms with E-state index in [9.17, 15) is 22.8 Å². The number of carbonyl (C=O) groups excluding carboxylic acids is 3. The number of sulfonamides is 1. The van der Waals surface area contributed by atoms with Crippen LogP contribution in [0.3, 0.4) is 0 Å². The molecule has 2 saturated heterocycles. The molecule has 49 heavy (non-hydrogen) atoms. The molecule has 14 heteroatoms. The molecule has 262 valence electrons. The minimum atomic E-state index is -3.82. The number of carbonyl (C=O) groups is 3. The van der Waals surface area contributed by atoms with Crippen molar-refractivity contribution in [3.8, 4) is 11.8 Å². The molecule has 13 nitrogen and oxygen atoms in total. The summed E-state index contributed by atoms with van der Waals surface area (Å²) in [4.78, 5) is 48.3. The lowest BCUT2D eigenvalue weighted by atomic mass is 10.0. The quantitative estimate of drug-likeness (QED) is 0.315. The highest BCUT2D eigenvalue weighted by atomic mass is 32.2. The number of hydrogen-bond acceptors (Lipinski definition) is 10. The largest absolute Gasteiger partial charge is 0.497 e. The molecule has 0 radical (unpaired) electrons. The predicted molar refractivity (Wildman–Crippen MR) is 180 cm³/mol. The fraction of sp³-hybridized carbons (Fsp3) is 0.543. The Bertz CT molecular complexity index is 1790. The van der Waals surface area contributed by atoms with Crippen molar-refractivity contribution in [3.63, 3.8) is 0 Å². The van der Waals surface area contributed by atoms with Gasteiger partial charge in [-0.2, -0.15) is 4.98 Å². The topological polar surface area (TPSA) is 169 Å². The Hall–Kier alpha value is -4.33. The molecule has 2 saturated carbocycles. The summed E-state index contributed by atoms with van der Waals surface area (Å²) in [6, 6.07) is 13.0. The van der Waals surface area contributed by atoms with Crippen LogP contribution in [0.5, 0.6) is 11.8 Å². The standard InChI is InChI=1S/C35H43N5O8S/c1-46-24-12-9-11-23(18-24)36-28-14-6-4-2-3-5-10-22-20-35(22,33(43)39-49(44,45)26-16-17-26)38-31(41)29-19-25(21-40(29)32(28)42)47-34-37-27-13-7-8-15-30(27)48-34/h7-9,11-13,15,18,22,25-26,28-29,36H,2-6,10,14,16-17,19-21H2,1H3,(H,38,41)(H,39,43)/t22-,25-,28+,29+,35-/m1/s1. The summed E-state index contributed by atoms with van der Waals surface area (Å²) in [5, 5.41) is 5.76. The second-order valence-corrected chi connectivity index (χ2v) is 15.7. The molecule has 2 aliphatic carbocycles. The average Bonchev–Trinajstić information content (AvgIpc) is 3.98. The molecule has 3 aromatic rings. The molecular formula is C35H43N5O8S. The number of anilines is 1. The minimum absolute atomic E-state index is 0.0382. The molecule has 3 heterocycles. The van der Waals surface area contributed by atoms with E-state index in [-0.39, 0.29) is 30.9 Å². The van der Waals surface area contributed by atoms with Crippen molar-refractivity contribution in [1.29, 1.82) is 0 Å². The zero-order chi connectivity index (χ0) is 34.2. The van der Waals surface area contributed by atoms with Crippen LogP contribution in [0, 0.1) is 5.92 Å². The van der Waals surface area contributed by atoms with E-state index in [0.717, 1.165) is 32.1 Å². The zero-order valence-electron chi connectivity index (χ0n) is 27.6. The van der Waals surface area contributed by atoms with Crippen molar-refractivity contribution in [2.75, 3.05) is 19.0 Å². The van der Waals surface area contributed by atoms with Gasteiger partial charge in [0, 0.05) is 18.2 Å². The maximum Gasteiger partial charge on any atom is 0.394 e. The third kappa shape index (κ3) is 7.19. The number of aromatic nitrogens is 1. The zero-order valence-corrected chi connectivity index (χ0v) is 28.4. The van der Waals surface area contributed by atoms with Gasteiger partial charge in [0.05, 0.1) is 18.9 Å². The summed E-state index contributed by atoms with van der Waals surface area (Å²) in [6.45, 7) is 0.0879. The van der Waals surface area contributed by atoms with Gasteiger partial charge in [0.2, 0.25) is 21.8 Å². The first-order valence-electron chi connectivity index (χ1n) is 17.3. The van der Waals surface area contributed by atoms with Gasteiger partial charge in [-0.1, -0.05) is 50.3 Å². The molecule has 5 atom stereocenters. The number of nitrogens with zero attached hydrogens (tertiary/aromatic N) is 2. The third-order valence-electron chi connectivity index (χ3n) is 10.2. The highest BCUT2D eigenvalue weighted by Crippen LogP contribution is 2.48. The Morgan fingerprint density at radius 2 is 1.80 bits per heavy atom. The summed E-state index contributed by atoms with van der Waals surface area (Å²) in [5.41, 5.74) is 0.528. The summed E-state index contributed by atoms with van der Waals surface area (Å²) >= 11 is 0. The van der Waals surface area contributed by atoms with Gasteiger partial charge in [-0.05, 0) is 62.3 Å². The number of para-hydroxylation sites is 2. The van der Waals surface area contributed by atoms with Crippen LogP contribution in [0.2, 0.25) is 0 Å². The number of fused-ring (bicyclic) bond motifs is 3. The van der Waals surface area contributed by atoms with Crippen LogP contribution in [0.4, 0.5) is 5.69 Å². The van der Waals surface area contributed by atoms with Gasteiger partial charge >= 0.3 is 6.08 Å². The Morgan fingerprint density at radius 1 is 1.02 bits per heavy atom. The van der Waals surface area contributed by atoms with Gasteiger partial charge in [0.15, 0.2) is 5.58 Å². The second kappa shape index (κ2) is 13.5. The predicted octanol–water partition coefficient (Wildman–Crippen LogP) is 3.89. The second-order valence-electron chi connectivity index (χ2n) is 13.7. The maximum atomic E-state index is 14.5. The number of methoxy groups -OCH3 is 1. The van der Waals surface area contributed by atoms with Crippen LogP contribution < -0.4 is 24.8 Å². The lowest BCUT2D eigenvalue weighted by Gasteiger charge is -2.30. The average molecular weight is 694 g/mol. The van der Waals surface area contributed by atoms with Gasteiger partial charge in [-0.3, -0.25) is 19.1 Å². The van der Waals surface area contributed by atoms with E-state index >= 15 is 0 Å². The molecule has 4 aliphatic rings. The molecule has 0 bridgehead atoms. The van der Waals surface area contributed by atoms with Crippen molar-refractivity contribution in [2.45, 2.75) is 99.6 Å². The van der Waals surface area contributed by atoms with Crippen molar-refractivity contribution < 1.29 is 36.7 Å². The molecule has 0 spiro atoms. The molecule has 0 unspecified atom stereocenters. The summed E-state index contributed by atoms with van der Waals surface area (Å²) in [7, 11) is -2.24.